The number of hydrogen-bond acceptors (Lipinski definition) is 5. The maximum atomic E-state index is 13.5. The minimum absolute atomic E-state index is 0.182. The van der Waals surface area contributed by atoms with E-state index < -0.39 is 12.1 Å². The number of para-hydroxylation sites is 1. The summed E-state index contributed by atoms with van der Waals surface area (Å²) in [6.07, 6.45) is -0.871. The molecule has 3 rings (SSSR count). The van der Waals surface area contributed by atoms with Gasteiger partial charge in [-0.2, -0.15) is 0 Å². The van der Waals surface area contributed by atoms with E-state index in [0.717, 1.165) is 16.1 Å². The standard InChI is InChI=1S/C21H24N2O3S/c1-15(24)26-19-20(16-9-5-4-6-10-16)27-18-12-8-7-11-17(18)23(21(19)25)14-13-22(2)3/h4-12,19-20H,13-14H2,1-3H3/t19?,20-/m1/s1. The number of thioether (sulfide) groups is 1. The molecular formula is C21H24N2O3S. The quantitative estimate of drug-likeness (QED) is 0.740. The number of likely N-dealkylation sites (N-methyl/N-ethyl adjacent to an activating group) is 1. The van der Waals surface area contributed by atoms with E-state index in [1.807, 2.05) is 73.6 Å². The average Bonchev–Trinajstić information content (AvgIpc) is 2.76. The lowest BCUT2D eigenvalue weighted by Gasteiger charge is -2.28. The van der Waals surface area contributed by atoms with Crippen LogP contribution in [0.1, 0.15) is 17.7 Å². The second-order valence-electron chi connectivity index (χ2n) is 6.74. The molecular weight excluding hydrogens is 360 g/mol. The lowest BCUT2D eigenvalue weighted by molar-refractivity contribution is -0.152. The van der Waals surface area contributed by atoms with Crippen LogP contribution in [0, 0.1) is 0 Å². The first-order valence-electron chi connectivity index (χ1n) is 8.91. The minimum Gasteiger partial charge on any atom is -0.451 e. The fourth-order valence-electron chi connectivity index (χ4n) is 3.09. The molecule has 0 saturated carbocycles. The number of amides is 1. The number of benzene rings is 2. The van der Waals surface area contributed by atoms with Crippen molar-refractivity contribution in [3.8, 4) is 0 Å². The predicted molar refractivity (Wildman–Crippen MR) is 108 cm³/mol. The van der Waals surface area contributed by atoms with Gasteiger partial charge in [0.15, 0.2) is 6.10 Å². The number of ether oxygens (including phenoxy) is 1. The molecule has 6 heteroatoms. The summed E-state index contributed by atoms with van der Waals surface area (Å²) in [4.78, 5) is 30.0. The zero-order valence-electron chi connectivity index (χ0n) is 15.8. The third-order valence-electron chi connectivity index (χ3n) is 4.39. The number of fused-ring (bicyclic) bond motifs is 1. The summed E-state index contributed by atoms with van der Waals surface area (Å²) in [5.74, 6) is -0.633. The molecule has 2 aromatic rings. The maximum absolute atomic E-state index is 13.5. The van der Waals surface area contributed by atoms with Crippen LogP contribution in [0.5, 0.6) is 0 Å². The molecule has 5 nitrogen and oxygen atoms in total. The van der Waals surface area contributed by atoms with Gasteiger partial charge in [-0.05, 0) is 31.8 Å². The van der Waals surface area contributed by atoms with Gasteiger partial charge < -0.3 is 14.5 Å². The number of carbonyl (C=O) groups is 2. The summed E-state index contributed by atoms with van der Waals surface area (Å²) in [6.45, 7) is 2.60. The van der Waals surface area contributed by atoms with Crippen LogP contribution < -0.4 is 4.90 Å². The van der Waals surface area contributed by atoms with Crippen LogP contribution in [0.2, 0.25) is 0 Å². The van der Waals surface area contributed by atoms with Crippen molar-refractivity contribution < 1.29 is 14.3 Å². The monoisotopic (exact) mass is 384 g/mol. The van der Waals surface area contributed by atoms with E-state index >= 15 is 0 Å². The average molecular weight is 385 g/mol. The molecule has 0 bridgehead atoms. The van der Waals surface area contributed by atoms with Gasteiger partial charge in [-0.15, -0.1) is 11.8 Å². The van der Waals surface area contributed by atoms with E-state index in [-0.39, 0.29) is 11.2 Å². The molecule has 0 N–H and O–H groups in total. The molecule has 1 amide bonds. The summed E-state index contributed by atoms with van der Waals surface area (Å²) in [5.41, 5.74) is 1.83. The topological polar surface area (TPSA) is 49.9 Å². The molecule has 2 aromatic carbocycles. The number of carbonyl (C=O) groups excluding carboxylic acids is 2. The van der Waals surface area contributed by atoms with Gasteiger partial charge in [-0.1, -0.05) is 42.5 Å². The van der Waals surface area contributed by atoms with E-state index in [1.54, 1.807) is 16.7 Å². The Balaban J connectivity index is 2.06. The number of nitrogens with zero attached hydrogens (tertiary/aromatic N) is 2. The Morgan fingerprint density at radius 3 is 2.44 bits per heavy atom. The molecule has 1 aliphatic heterocycles. The van der Waals surface area contributed by atoms with Crippen LogP contribution in [0.4, 0.5) is 5.69 Å². The van der Waals surface area contributed by atoms with Crippen LogP contribution in [0.25, 0.3) is 0 Å². The van der Waals surface area contributed by atoms with Gasteiger partial charge in [0, 0.05) is 24.9 Å². The van der Waals surface area contributed by atoms with Crippen molar-refractivity contribution in [2.75, 3.05) is 32.1 Å². The summed E-state index contributed by atoms with van der Waals surface area (Å²) in [5, 5.41) is -0.298. The van der Waals surface area contributed by atoms with Crippen LogP contribution in [0.15, 0.2) is 59.5 Å². The van der Waals surface area contributed by atoms with Gasteiger partial charge >= 0.3 is 5.97 Å². The first-order chi connectivity index (χ1) is 13.0. The number of hydrogen-bond donors (Lipinski definition) is 0. The summed E-state index contributed by atoms with van der Waals surface area (Å²) >= 11 is 1.57. The molecule has 1 unspecified atom stereocenters. The third-order valence-corrected chi connectivity index (χ3v) is 5.76. The maximum Gasteiger partial charge on any atom is 0.303 e. The van der Waals surface area contributed by atoms with Crippen molar-refractivity contribution in [2.45, 2.75) is 23.2 Å². The van der Waals surface area contributed by atoms with Gasteiger partial charge in [0.1, 0.15) is 0 Å². The number of esters is 1. The molecule has 27 heavy (non-hydrogen) atoms. The first kappa shape index (κ1) is 19.5. The highest BCUT2D eigenvalue weighted by molar-refractivity contribution is 7.99. The van der Waals surface area contributed by atoms with Crippen molar-refractivity contribution in [3.05, 3.63) is 60.2 Å². The van der Waals surface area contributed by atoms with Crippen molar-refractivity contribution in [2.24, 2.45) is 0 Å². The smallest absolute Gasteiger partial charge is 0.303 e. The van der Waals surface area contributed by atoms with Crippen molar-refractivity contribution in [1.29, 1.82) is 0 Å². The van der Waals surface area contributed by atoms with E-state index in [0.29, 0.717) is 13.1 Å². The summed E-state index contributed by atoms with van der Waals surface area (Å²) in [7, 11) is 3.94. The third kappa shape index (κ3) is 4.51. The molecule has 0 fully saturated rings. The van der Waals surface area contributed by atoms with Gasteiger partial charge in [0.2, 0.25) is 0 Å². The number of anilines is 1. The van der Waals surface area contributed by atoms with Crippen molar-refractivity contribution >= 4 is 29.3 Å². The Morgan fingerprint density at radius 1 is 1.11 bits per heavy atom. The van der Waals surface area contributed by atoms with Crippen LogP contribution in [-0.2, 0) is 14.3 Å². The summed E-state index contributed by atoms with van der Waals surface area (Å²) < 4.78 is 5.55. The predicted octanol–water partition coefficient (Wildman–Crippen LogP) is 3.36. The van der Waals surface area contributed by atoms with Crippen molar-refractivity contribution in [1.82, 2.24) is 4.90 Å². The SMILES string of the molecule is CC(=O)OC1C(=O)N(CCN(C)C)c2ccccc2S[C@@H]1c1ccccc1. The van der Waals surface area contributed by atoms with E-state index in [9.17, 15) is 9.59 Å². The molecule has 0 saturated heterocycles. The van der Waals surface area contributed by atoms with E-state index in [4.69, 9.17) is 4.74 Å². The second kappa shape index (κ2) is 8.59. The molecule has 142 valence electrons. The van der Waals surface area contributed by atoms with E-state index in [1.165, 1.54) is 6.92 Å². The molecule has 0 radical (unpaired) electrons. The molecule has 0 aliphatic carbocycles. The normalized spacial score (nSPS) is 19.6. The van der Waals surface area contributed by atoms with Crippen LogP contribution >= 0.6 is 11.8 Å². The highest BCUT2D eigenvalue weighted by Crippen LogP contribution is 2.46. The Bertz CT molecular complexity index is 810. The zero-order valence-corrected chi connectivity index (χ0v) is 16.6. The minimum atomic E-state index is -0.871. The lowest BCUT2D eigenvalue weighted by atomic mass is 10.1. The Morgan fingerprint density at radius 2 is 1.78 bits per heavy atom. The molecule has 1 aliphatic rings. The van der Waals surface area contributed by atoms with Gasteiger partial charge in [-0.25, -0.2) is 0 Å². The van der Waals surface area contributed by atoms with E-state index in [2.05, 4.69) is 0 Å². The molecule has 2 atom stereocenters. The molecule has 1 heterocycles. The van der Waals surface area contributed by atoms with Crippen LogP contribution in [0.3, 0.4) is 0 Å². The van der Waals surface area contributed by atoms with Crippen LogP contribution in [-0.4, -0.2) is 50.1 Å². The second-order valence-corrected chi connectivity index (χ2v) is 7.92. The van der Waals surface area contributed by atoms with Gasteiger partial charge in [0.25, 0.3) is 5.91 Å². The Hall–Kier alpha value is -2.31. The highest BCUT2D eigenvalue weighted by atomic mass is 32.2. The fraction of sp³-hybridized carbons (Fsp3) is 0.333. The Kier molecular flexibility index (Phi) is 6.19. The molecule has 0 aromatic heterocycles. The molecule has 0 spiro atoms. The van der Waals surface area contributed by atoms with Crippen molar-refractivity contribution in [3.63, 3.8) is 0 Å². The summed E-state index contributed by atoms with van der Waals surface area (Å²) in [6, 6.07) is 17.6. The first-order valence-corrected chi connectivity index (χ1v) is 9.79. The highest BCUT2D eigenvalue weighted by Gasteiger charge is 2.40. The Labute approximate surface area is 164 Å². The largest absolute Gasteiger partial charge is 0.451 e. The zero-order chi connectivity index (χ0) is 19.4. The lowest BCUT2D eigenvalue weighted by Crippen LogP contribution is -2.45. The van der Waals surface area contributed by atoms with Gasteiger partial charge in [0.05, 0.1) is 10.9 Å². The number of rotatable bonds is 5. The van der Waals surface area contributed by atoms with Gasteiger partial charge in [-0.3, -0.25) is 9.59 Å². The fourth-order valence-corrected chi connectivity index (χ4v) is 4.41.